The fourth-order valence-corrected chi connectivity index (χ4v) is 6.26. The number of rotatable bonds is 42. The van der Waals surface area contributed by atoms with Gasteiger partial charge in [-0.3, -0.25) is 14.4 Å². The Hall–Kier alpha value is -3.67. The van der Waals surface area contributed by atoms with Crippen molar-refractivity contribution in [2.24, 2.45) is 0 Å². The van der Waals surface area contributed by atoms with Crippen LogP contribution in [0, 0.1) is 0 Å². The Morgan fingerprint density at radius 1 is 0.367 bits per heavy atom. The molecule has 0 heterocycles. The third-order valence-corrected chi connectivity index (χ3v) is 9.86. The molecule has 0 rings (SSSR count). The van der Waals surface area contributed by atoms with Crippen molar-refractivity contribution in [3.8, 4) is 0 Å². The van der Waals surface area contributed by atoms with E-state index in [1.54, 1.807) is 0 Å². The Morgan fingerprint density at radius 2 is 0.750 bits per heavy atom. The van der Waals surface area contributed by atoms with Crippen LogP contribution in [0.15, 0.2) is 97.2 Å². The van der Waals surface area contributed by atoms with Gasteiger partial charge in [0, 0.05) is 19.3 Å². The monoisotopic (exact) mass is 833 g/mol. The minimum absolute atomic E-state index is 0.111. The highest BCUT2D eigenvalue weighted by molar-refractivity contribution is 5.71. The molecule has 0 saturated heterocycles. The second kappa shape index (κ2) is 48.0. The van der Waals surface area contributed by atoms with Gasteiger partial charge in [-0.15, -0.1) is 0 Å². The lowest BCUT2D eigenvalue weighted by Crippen LogP contribution is -2.30. The number of unbranched alkanes of at least 4 members (excludes halogenated alkanes) is 17. The van der Waals surface area contributed by atoms with E-state index < -0.39 is 6.10 Å². The van der Waals surface area contributed by atoms with E-state index in [9.17, 15) is 14.4 Å². The molecule has 0 fully saturated rings. The van der Waals surface area contributed by atoms with Gasteiger partial charge in [0.1, 0.15) is 13.2 Å². The Kier molecular flexibility index (Phi) is 45.1. The first-order valence-electron chi connectivity index (χ1n) is 24.3. The predicted octanol–water partition coefficient (Wildman–Crippen LogP) is 15.8. The van der Waals surface area contributed by atoms with Crippen LogP contribution in [-0.4, -0.2) is 37.2 Å². The van der Waals surface area contributed by atoms with E-state index in [0.717, 1.165) is 116 Å². The molecule has 6 heteroatoms. The summed E-state index contributed by atoms with van der Waals surface area (Å²) in [5.74, 6) is -1.01. The topological polar surface area (TPSA) is 78.9 Å². The lowest BCUT2D eigenvalue weighted by atomic mass is 10.1. The molecule has 0 aliphatic carbocycles. The number of esters is 3. The molecule has 0 N–H and O–H groups in total. The summed E-state index contributed by atoms with van der Waals surface area (Å²) in [6.45, 7) is 6.29. The van der Waals surface area contributed by atoms with Crippen LogP contribution < -0.4 is 0 Å². The molecule has 0 spiro atoms. The zero-order valence-corrected chi connectivity index (χ0v) is 38.7. The van der Waals surface area contributed by atoms with Gasteiger partial charge in [-0.1, -0.05) is 189 Å². The summed E-state index contributed by atoms with van der Waals surface area (Å²) in [6, 6.07) is 0. The molecule has 6 nitrogen and oxygen atoms in total. The van der Waals surface area contributed by atoms with Gasteiger partial charge in [-0.25, -0.2) is 0 Å². The zero-order chi connectivity index (χ0) is 43.7. The van der Waals surface area contributed by atoms with Gasteiger partial charge in [-0.05, 0) is 96.3 Å². The summed E-state index contributed by atoms with van der Waals surface area (Å²) in [6.07, 6.45) is 62.6. The van der Waals surface area contributed by atoms with Crippen LogP contribution in [0.1, 0.15) is 207 Å². The van der Waals surface area contributed by atoms with Crippen LogP contribution in [0.3, 0.4) is 0 Å². The highest BCUT2D eigenvalue weighted by atomic mass is 16.6. The second-order valence-electron chi connectivity index (χ2n) is 15.7. The van der Waals surface area contributed by atoms with E-state index in [0.29, 0.717) is 12.8 Å². The van der Waals surface area contributed by atoms with Gasteiger partial charge in [-0.2, -0.15) is 0 Å². The fourth-order valence-electron chi connectivity index (χ4n) is 6.26. The first kappa shape index (κ1) is 56.3. The van der Waals surface area contributed by atoms with Crippen molar-refractivity contribution in [1.82, 2.24) is 0 Å². The summed E-state index contributed by atoms with van der Waals surface area (Å²) < 4.78 is 16.7. The molecule has 340 valence electrons. The molecule has 60 heavy (non-hydrogen) atoms. The van der Waals surface area contributed by atoms with Crippen molar-refractivity contribution in [3.05, 3.63) is 97.2 Å². The van der Waals surface area contributed by atoms with Crippen molar-refractivity contribution in [1.29, 1.82) is 0 Å². The Labute approximate surface area is 368 Å². The highest BCUT2D eigenvalue weighted by Gasteiger charge is 2.19. The molecular formula is C54H88O6. The first-order valence-corrected chi connectivity index (χ1v) is 24.3. The number of carbonyl (C=O) groups is 3. The van der Waals surface area contributed by atoms with Gasteiger partial charge in [0.25, 0.3) is 0 Å². The quantitative estimate of drug-likeness (QED) is 0.0200. The smallest absolute Gasteiger partial charge is 0.306 e. The van der Waals surface area contributed by atoms with Gasteiger partial charge in [0.2, 0.25) is 0 Å². The number of hydrogen-bond acceptors (Lipinski definition) is 6. The minimum Gasteiger partial charge on any atom is -0.462 e. The SMILES string of the molecule is CC\C=C/C=C\C=C/CCCCCCCC(=O)OC(COC(=O)CCC/C=C\C/C=C\C/C=C\CCCCCCCC)COC(=O)CCCCCCC/C=C\C/C=C\CC. The van der Waals surface area contributed by atoms with E-state index in [4.69, 9.17) is 14.2 Å². The summed E-state index contributed by atoms with van der Waals surface area (Å²) in [7, 11) is 0. The summed E-state index contributed by atoms with van der Waals surface area (Å²) in [5.41, 5.74) is 0. The second-order valence-corrected chi connectivity index (χ2v) is 15.7. The van der Waals surface area contributed by atoms with Gasteiger partial charge >= 0.3 is 17.9 Å². The van der Waals surface area contributed by atoms with Crippen molar-refractivity contribution < 1.29 is 28.6 Å². The average Bonchev–Trinajstić information content (AvgIpc) is 3.24. The Balaban J connectivity index is 4.51. The van der Waals surface area contributed by atoms with E-state index in [1.807, 2.05) is 6.08 Å². The summed E-state index contributed by atoms with van der Waals surface area (Å²) in [4.78, 5) is 37.8. The molecule has 0 aliphatic rings. The molecule has 0 aromatic carbocycles. The highest BCUT2D eigenvalue weighted by Crippen LogP contribution is 2.12. The standard InChI is InChI=1S/C54H88O6/c1-4-7-10-13-16-19-22-25-26-27-28-30-32-35-38-41-44-47-53(56)59-50-51(49-58-52(55)46-43-40-37-34-31-24-21-18-15-12-9-6-3)60-54(57)48-45-42-39-36-33-29-23-20-17-14-11-8-5-2/h8-9,11-12,14,17-18,20-21,23,25-26,28,30,35,38,51H,4-7,10,13,15-16,19,22,24,27,29,31-34,36-37,39-50H2,1-3H3/b11-8-,12-9-,17-14-,21-18-,23-20-,26-25-,30-28-,38-35-. The van der Waals surface area contributed by atoms with Crippen molar-refractivity contribution in [2.45, 2.75) is 213 Å². The van der Waals surface area contributed by atoms with Crippen LogP contribution in [0.2, 0.25) is 0 Å². The van der Waals surface area contributed by atoms with Crippen LogP contribution in [0.5, 0.6) is 0 Å². The van der Waals surface area contributed by atoms with Crippen molar-refractivity contribution in [3.63, 3.8) is 0 Å². The maximum absolute atomic E-state index is 12.7. The molecule has 0 amide bonds. The van der Waals surface area contributed by atoms with Crippen LogP contribution >= 0.6 is 0 Å². The molecule has 1 unspecified atom stereocenters. The summed E-state index contributed by atoms with van der Waals surface area (Å²) in [5, 5.41) is 0. The largest absolute Gasteiger partial charge is 0.462 e. The lowest BCUT2D eigenvalue weighted by molar-refractivity contribution is -0.167. The summed E-state index contributed by atoms with van der Waals surface area (Å²) >= 11 is 0. The number of carbonyl (C=O) groups excluding carboxylic acids is 3. The van der Waals surface area contributed by atoms with Crippen LogP contribution in [0.25, 0.3) is 0 Å². The van der Waals surface area contributed by atoms with E-state index in [1.165, 1.54) is 44.9 Å². The molecule has 1 atom stereocenters. The van der Waals surface area contributed by atoms with E-state index in [2.05, 4.69) is 112 Å². The average molecular weight is 833 g/mol. The normalized spacial score (nSPS) is 12.9. The molecule has 0 bridgehead atoms. The molecule has 0 aromatic heterocycles. The first-order chi connectivity index (χ1) is 29.5. The molecule has 0 saturated carbocycles. The van der Waals surface area contributed by atoms with Crippen LogP contribution in [0.4, 0.5) is 0 Å². The number of hydrogen-bond donors (Lipinski definition) is 0. The molecular weight excluding hydrogens is 745 g/mol. The van der Waals surface area contributed by atoms with Gasteiger partial charge in [0.05, 0.1) is 0 Å². The lowest BCUT2D eigenvalue weighted by Gasteiger charge is -2.18. The van der Waals surface area contributed by atoms with Crippen molar-refractivity contribution >= 4 is 17.9 Å². The predicted molar refractivity (Wildman–Crippen MR) is 256 cm³/mol. The Morgan fingerprint density at radius 3 is 1.27 bits per heavy atom. The van der Waals surface area contributed by atoms with E-state index >= 15 is 0 Å². The molecule has 0 radical (unpaired) electrons. The third-order valence-electron chi connectivity index (χ3n) is 9.86. The molecule has 0 aliphatic heterocycles. The zero-order valence-electron chi connectivity index (χ0n) is 38.7. The van der Waals surface area contributed by atoms with Gasteiger partial charge < -0.3 is 14.2 Å². The maximum Gasteiger partial charge on any atom is 0.306 e. The van der Waals surface area contributed by atoms with Gasteiger partial charge in [0.15, 0.2) is 6.10 Å². The maximum atomic E-state index is 12.7. The molecule has 0 aromatic rings. The third kappa shape index (κ3) is 45.4. The number of ether oxygens (including phenoxy) is 3. The van der Waals surface area contributed by atoms with Crippen molar-refractivity contribution in [2.75, 3.05) is 13.2 Å². The van der Waals surface area contributed by atoms with E-state index in [-0.39, 0.29) is 44.0 Å². The van der Waals surface area contributed by atoms with Crippen LogP contribution in [-0.2, 0) is 28.6 Å². The number of allylic oxidation sites excluding steroid dienone is 16. The fraction of sp³-hybridized carbons (Fsp3) is 0.648. The minimum atomic E-state index is -0.814. The Bertz CT molecular complexity index is 1230.